The molecule has 3 rings (SSSR count). The molecule has 1 amide bonds. The average Bonchev–Trinajstić information content (AvgIpc) is 2.80. The van der Waals surface area contributed by atoms with Gasteiger partial charge in [0.2, 0.25) is 5.91 Å². The third kappa shape index (κ3) is 1.90. The Morgan fingerprint density at radius 3 is 3.00 bits per heavy atom. The maximum atomic E-state index is 11.6. The summed E-state index contributed by atoms with van der Waals surface area (Å²) in [4.78, 5) is 12.7. The van der Waals surface area contributed by atoms with Crippen molar-refractivity contribution in [2.24, 2.45) is 11.8 Å². The third-order valence-electron chi connectivity index (χ3n) is 3.34. The number of piperidine rings is 1. The molecule has 2 heterocycles. The van der Waals surface area contributed by atoms with Crippen LogP contribution in [0.25, 0.3) is 6.08 Å². The van der Waals surface area contributed by atoms with Crippen LogP contribution in [0.5, 0.6) is 0 Å². The molecular formula is C12H14N2OS. The van der Waals surface area contributed by atoms with Crippen molar-refractivity contribution in [1.29, 1.82) is 0 Å². The van der Waals surface area contributed by atoms with Crippen molar-refractivity contribution in [1.82, 2.24) is 10.6 Å². The molecule has 0 aromatic carbocycles. The molecule has 1 aliphatic heterocycles. The fourth-order valence-corrected chi connectivity index (χ4v) is 3.01. The van der Waals surface area contributed by atoms with E-state index in [0.717, 1.165) is 18.0 Å². The minimum atomic E-state index is 0.0350. The second-order valence-electron chi connectivity index (χ2n) is 4.37. The quantitative estimate of drug-likeness (QED) is 0.769. The molecule has 2 N–H and O–H groups in total. The Kier molecular flexibility index (Phi) is 2.53. The Balaban J connectivity index is 1.51. The van der Waals surface area contributed by atoms with E-state index >= 15 is 0 Å². The van der Waals surface area contributed by atoms with Gasteiger partial charge >= 0.3 is 0 Å². The Labute approximate surface area is 98.6 Å². The summed E-state index contributed by atoms with van der Waals surface area (Å²) < 4.78 is 0. The number of hydrogen-bond donors (Lipinski definition) is 2. The van der Waals surface area contributed by atoms with Crippen LogP contribution in [0.1, 0.15) is 4.88 Å². The van der Waals surface area contributed by atoms with Crippen LogP contribution in [0.4, 0.5) is 0 Å². The molecule has 3 nitrogen and oxygen atoms in total. The van der Waals surface area contributed by atoms with Crippen molar-refractivity contribution in [3.63, 3.8) is 0 Å². The summed E-state index contributed by atoms with van der Waals surface area (Å²) in [6.07, 6.45) is 3.50. The van der Waals surface area contributed by atoms with E-state index in [4.69, 9.17) is 0 Å². The van der Waals surface area contributed by atoms with Crippen LogP contribution in [0, 0.1) is 11.8 Å². The maximum absolute atomic E-state index is 11.6. The molecule has 4 heteroatoms. The summed E-state index contributed by atoms with van der Waals surface area (Å²) in [6.45, 7) is 2.12. The summed E-state index contributed by atoms with van der Waals surface area (Å²) in [5, 5.41) is 8.38. The second kappa shape index (κ2) is 4.03. The lowest BCUT2D eigenvalue weighted by atomic mass is 10.3. The van der Waals surface area contributed by atoms with Crippen LogP contribution in [-0.2, 0) is 4.79 Å². The number of carbonyl (C=O) groups excluding carboxylic acids is 1. The van der Waals surface area contributed by atoms with Crippen LogP contribution in [0.15, 0.2) is 23.6 Å². The smallest absolute Gasteiger partial charge is 0.244 e. The van der Waals surface area contributed by atoms with Crippen molar-refractivity contribution < 1.29 is 4.79 Å². The highest BCUT2D eigenvalue weighted by atomic mass is 32.1. The largest absolute Gasteiger partial charge is 0.349 e. The monoisotopic (exact) mass is 234 g/mol. The van der Waals surface area contributed by atoms with Crippen LogP contribution in [0.3, 0.4) is 0 Å². The Bertz CT molecular complexity index is 403. The molecule has 84 valence electrons. The van der Waals surface area contributed by atoms with Crippen LogP contribution in [-0.4, -0.2) is 25.0 Å². The molecule has 0 spiro atoms. The number of carbonyl (C=O) groups is 1. The zero-order valence-electron chi connectivity index (χ0n) is 8.85. The minimum absolute atomic E-state index is 0.0350. The number of fused-ring (bicyclic) bond motifs is 1. The molecule has 1 saturated heterocycles. The number of amides is 1. The summed E-state index contributed by atoms with van der Waals surface area (Å²) in [6, 6.07) is 4.41. The van der Waals surface area contributed by atoms with Gasteiger partial charge in [-0.25, -0.2) is 0 Å². The third-order valence-corrected chi connectivity index (χ3v) is 4.18. The molecule has 0 bridgehead atoms. The standard InChI is InChI=1S/C12H14N2OS/c15-11(4-3-8-2-1-5-16-8)14-12-9-6-13-7-10(9)12/h1-5,9-10,12-13H,6-7H2,(H,14,15)/b4-3+. The van der Waals surface area contributed by atoms with Gasteiger partial charge in [-0.2, -0.15) is 0 Å². The highest BCUT2D eigenvalue weighted by Crippen LogP contribution is 2.41. The van der Waals surface area contributed by atoms with Crippen LogP contribution < -0.4 is 10.6 Å². The Morgan fingerprint density at radius 2 is 2.31 bits per heavy atom. The van der Waals surface area contributed by atoms with Gasteiger partial charge in [0.1, 0.15) is 0 Å². The predicted molar refractivity (Wildman–Crippen MR) is 65.1 cm³/mol. The van der Waals surface area contributed by atoms with Gasteiger partial charge in [-0.1, -0.05) is 6.07 Å². The van der Waals surface area contributed by atoms with E-state index in [1.165, 1.54) is 0 Å². The summed E-state index contributed by atoms with van der Waals surface area (Å²) in [5.41, 5.74) is 0. The van der Waals surface area contributed by atoms with Gasteiger partial charge in [0.15, 0.2) is 0 Å². The first-order chi connectivity index (χ1) is 7.84. The second-order valence-corrected chi connectivity index (χ2v) is 5.35. The van der Waals surface area contributed by atoms with Gasteiger partial charge in [-0.05, 0) is 29.4 Å². The zero-order chi connectivity index (χ0) is 11.0. The molecule has 2 atom stereocenters. The molecule has 2 aliphatic rings. The summed E-state index contributed by atoms with van der Waals surface area (Å²) in [5.74, 6) is 1.39. The Morgan fingerprint density at radius 1 is 1.50 bits per heavy atom. The molecule has 2 fully saturated rings. The summed E-state index contributed by atoms with van der Waals surface area (Å²) >= 11 is 1.64. The molecule has 16 heavy (non-hydrogen) atoms. The van der Waals surface area contributed by atoms with Crippen molar-refractivity contribution in [2.45, 2.75) is 6.04 Å². The molecular weight excluding hydrogens is 220 g/mol. The van der Waals surface area contributed by atoms with Crippen molar-refractivity contribution >= 4 is 23.3 Å². The number of thiophene rings is 1. The topological polar surface area (TPSA) is 41.1 Å². The molecule has 2 unspecified atom stereocenters. The highest BCUT2D eigenvalue weighted by Gasteiger charge is 2.53. The van der Waals surface area contributed by atoms with E-state index in [-0.39, 0.29) is 5.91 Å². The molecule has 0 radical (unpaired) electrons. The fourth-order valence-electron chi connectivity index (χ4n) is 2.39. The highest BCUT2D eigenvalue weighted by molar-refractivity contribution is 7.10. The normalized spacial score (nSPS) is 31.6. The molecule has 1 aliphatic carbocycles. The van der Waals surface area contributed by atoms with E-state index in [9.17, 15) is 4.79 Å². The average molecular weight is 234 g/mol. The van der Waals surface area contributed by atoms with Crippen LogP contribution in [0.2, 0.25) is 0 Å². The van der Waals surface area contributed by atoms with Gasteiger partial charge in [0, 0.05) is 30.1 Å². The minimum Gasteiger partial charge on any atom is -0.349 e. The van der Waals surface area contributed by atoms with E-state index in [1.807, 2.05) is 23.6 Å². The maximum Gasteiger partial charge on any atom is 0.244 e. The molecule has 1 aromatic rings. The number of hydrogen-bond acceptors (Lipinski definition) is 3. The SMILES string of the molecule is O=C(/C=C/c1cccs1)NC1C2CNCC21. The van der Waals surface area contributed by atoms with Gasteiger partial charge in [0.25, 0.3) is 0 Å². The first-order valence-electron chi connectivity index (χ1n) is 5.57. The predicted octanol–water partition coefficient (Wildman–Crippen LogP) is 1.10. The first kappa shape index (κ1) is 10.1. The van der Waals surface area contributed by atoms with Gasteiger partial charge in [-0.15, -0.1) is 11.3 Å². The fraction of sp³-hybridized carbons (Fsp3) is 0.417. The van der Waals surface area contributed by atoms with E-state index in [2.05, 4.69) is 10.6 Å². The van der Waals surface area contributed by atoms with Gasteiger partial charge < -0.3 is 10.6 Å². The van der Waals surface area contributed by atoms with Gasteiger partial charge in [0.05, 0.1) is 0 Å². The first-order valence-corrected chi connectivity index (χ1v) is 6.45. The lowest BCUT2D eigenvalue weighted by molar-refractivity contribution is -0.116. The summed E-state index contributed by atoms with van der Waals surface area (Å²) in [7, 11) is 0. The van der Waals surface area contributed by atoms with Crippen LogP contribution >= 0.6 is 11.3 Å². The zero-order valence-corrected chi connectivity index (χ0v) is 9.67. The Hall–Kier alpha value is -1.13. The van der Waals surface area contributed by atoms with Gasteiger partial charge in [-0.3, -0.25) is 4.79 Å². The van der Waals surface area contributed by atoms with Crippen molar-refractivity contribution in [3.8, 4) is 0 Å². The lowest BCUT2D eigenvalue weighted by Crippen LogP contribution is -2.31. The van der Waals surface area contributed by atoms with Crippen molar-refractivity contribution in [2.75, 3.05) is 13.1 Å². The van der Waals surface area contributed by atoms with Crippen molar-refractivity contribution in [3.05, 3.63) is 28.5 Å². The number of rotatable bonds is 3. The van der Waals surface area contributed by atoms with E-state index in [0.29, 0.717) is 17.9 Å². The molecule has 1 saturated carbocycles. The van der Waals surface area contributed by atoms with E-state index in [1.54, 1.807) is 17.4 Å². The number of nitrogens with one attached hydrogen (secondary N) is 2. The molecule has 1 aromatic heterocycles. The lowest BCUT2D eigenvalue weighted by Gasteiger charge is -2.04. The van der Waals surface area contributed by atoms with E-state index < -0.39 is 0 Å².